The Morgan fingerprint density at radius 2 is 1.75 bits per heavy atom. The monoisotopic (exact) mass is 354 g/mol. The fraction of sp³-hybridized carbons (Fsp3) is 0.706. The second kappa shape index (κ2) is 8.65. The number of rotatable bonds is 9. The van der Waals surface area contributed by atoms with Crippen molar-refractivity contribution in [3.63, 3.8) is 0 Å². The van der Waals surface area contributed by atoms with E-state index in [1.54, 1.807) is 20.8 Å². The van der Waals surface area contributed by atoms with Gasteiger partial charge in [-0.3, -0.25) is 0 Å². The number of allylic oxidation sites excluding steroid dienone is 2. The predicted octanol–water partition coefficient (Wildman–Crippen LogP) is 5.12. The second-order valence-electron chi connectivity index (χ2n) is 6.92. The van der Waals surface area contributed by atoms with Crippen molar-refractivity contribution >= 4 is 5.97 Å². The highest BCUT2D eigenvalue weighted by molar-refractivity contribution is 5.71. The van der Waals surface area contributed by atoms with Gasteiger partial charge in [0, 0.05) is 6.42 Å². The third-order valence-corrected chi connectivity index (χ3v) is 3.22. The van der Waals surface area contributed by atoms with E-state index in [0.29, 0.717) is 0 Å². The Hall–Kier alpha value is -1.37. The molecule has 0 aliphatic heterocycles. The third-order valence-electron chi connectivity index (χ3n) is 3.22. The molecule has 0 radical (unpaired) electrons. The summed E-state index contributed by atoms with van der Waals surface area (Å²) in [4.78, 5) is 11.6. The van der Waals surface area contributed by atoms with Crippen molar-refractivity contribution in [1.82, 2.24) is 0 Å². The Labute approximate surface area is 140 Å². The van der Waals surface area contributed by atoms with Crippen LogP contribution in [0.1, 0.15) is 47.0 Å². The Bertz CT molecular complexity index is 452. The molecule has 0 fully saturated rings. The first-order chi connectivity index (χ1) is 10.7. The summed E-state index contributed by atoms with van der Waals surface area (Å²) in [5.41, 5.74) is -3.43. The van der Waals surface area contributed by atoms with Crippen molar-refractivity contribution in [1.29, 1.82) is 0 Å². The van der Waals surface area contributed by atoms with Crippen LogP contribution in [0.5, 0.6) is 0 Å². The molecule has 0 aromatic heterocycles. The maximum absolute atomic E-state index is 13.4. The largest absolute Gasteiger partial charge is 0.458 e. The van der Waals surface area contributed by atoms with E-state index in [0.717, 1.165) is 6.92 Å². The number of hydrogen-bond donors (Lipinski definition) is 0. The molecule has 0 aliphatic rings. The smallest absolute Gasteiger partial charge is 0.417 e. The Balaban J connectivity index is 5.10. The summed E-state index contributed by atoms with van der Waals surface area (Å²) in [5, 5.41) is 0. The van der Waals surface area contributed by atoms with Crippen LogP contribution in [0.3, 0.4) is 0 Å². The van der Waals surface area contributed by atoms with Crippen LogP contribution in [-0.2, 0) is 14.3 Å². The Kier molecular flexibility index (Phi) is 8.15. The van der Waals surface area contributed by atoms with E-state index in [-0.39, 0.29) is 12.8 Å². The van der Waals surface area contributed by atoms with E-state index in [1.165, 1.54) is 6.08 Å². The third kappa shape index (κ3) is 8.47. The minimum atomic E-state index is -4.73. The molecule has 140 valence electrons. The average Bonchev–Trinajstić information content (AvgIpc) is 2.32. The normalized spacial score (nSPS) is 16.2. The molecule has 0 N–H and O–H groups in total. The minimum Gasteiger partial charge on any atom is -0.458 e. The van der Waals surface area contributed by atoms with Crippen LogP contribution >= 0.6 is 0 Å². The van der Waals surface area contributed by atoms with Gasteiger partial charge >= 0.3 is 12.1 Å². The standard InChI is InChI=1S/C17H26F4O3/c1-7-8-13(9-12(2)18)10-16(6,17(19,20)21)23-11-14(22)24-15(3,4)5/h7,13H,1-2,8-11H2,3-6H3. The zero-order valence-corrected chi connectivity index (χ0v) is 14.6. The van der Waals surface area contributed by atoms with Crippen LogP contribution in [0.4, 0.5) is 17.6 Å². The van der Waals surface area contributed by atoms with E-state index in [2.05, 4.69) is 13.2 Å². The Morgan fingerprint density at radius 3 is 2.12 bits per heavy atom. The van der Waals surface area contributed by atoms with Gasteiger partial charge in [0.1, 0.15) is 12.2 Å². The maximum Gasteiger partial charge on any atom is 0.417 e. The van der Waals surface area contributed by atoms with Crippen LogP contribution < -0.4 is 0 Å². The molecule has 0 saturated heterocycles. The van der Waals surface area contributed by atoms with Crippen molar-refractivity contribution in [3.8, 4) is 0 Å². The summed E-state index contributed by atoms with van der Waals surface area (Å²) in [6.45, 7) is 11.3. The molecule has 24 heavy (non-hydrogen) atoms. The molecule has 3 nitrogen and oxygen atoms in total. The molecule has 0 amide bonds. The van der Waals surface area contributed by atoms with E-state index in [9.17, 15) is 22.4 Å². The number of esters is 1. The average molecular weight is 354 g/mol. The molecule has 0 bridgehead atoms. The number of carbonyl (C=O) groups is 1. The molecule has 0 saturated carbocycles. The fourth-order valence-corrected chi connectivity index (χ4v) is 2.18. The van der Waals surface area contributed by atoms with Gasteiger partial charge in [0.05, 0.1) is 5.83 Å². The number of carbonyl (C=O) groups excluding carboxylic acids is 1. The fourth-order valence-electron chi connectivity index (χ4n) is 2.18. The lowest BCUT2D eigenvalue weighted by atomic mass is 9.86. The summed E-state index contributed by atoms with van der Waals surface area (Å²) in [7, 11) is 0. The van der Waals surface area contributed by atoms with Crippen LogP contribution in [0.2, 0.25) is 0 Å². The zero-order valence-electron chi connectivity index (χ0n) is 14.6. The molecule has 0 aromatic rings. The molecular formula is C17H26F4O3. The van der Waals surface area contributed by atoms with Gasteiger partial charge in [-0.25, -0.2) is 9.18 Å². The first-order valence-electron chi connectivity index (χ1n) is 7.57. The quantitative estimate of drug-likeness (QED) is 0.327. The first kappa shape index (κ1) is 22.6. The molecule has 0 rings (SSSR count). The van der Waals surface area contributed by atoms with Gasteiger partial charge in [0.2, 0.25) is 0 Å². The van der Waals surface area contributed by atoms with Gasteiger partial charge in [-0.1, -0.05) is 12.7 Å². The van der Waals surface area contributed by atoms with Crippen LogP contribution in [-0.4, -0.2) is 30.0 Å². The highest BCUT2D eigenvalue weighted by Crippen LogP contribution is 2.40. The maximum atomic E-state index is 13.4. The molecule has 2 unspecified atom stereocenters. The predicted molar refractivity (Wildman–Crippen MR) is 84.0 cm³/mol. The summed E-state index contributed by atoms with van der Waals surface area (Å²) in [6.07, 6.45) is -3.89. The van der Waals surface area contributed by atoms with Crippen molar-refractivity contribution in [2.75, 3.05) is 6.61 Å². The molecule has 2 atom stereocenters. The number of halogens is 4. The lowest BCUT2D eigenvalue weighted by molar-refractivity contribution is -0.277. The molecule has 0 aliphatic carbocycles. The summed E-state index contributed by atoms with van der Waals surface area (Å²) < 4.78 is 63.1. The van der Waals surface area contributed by atoms with E-state index in [4.69, 9.17) is 9.47 Å². The van der Waals surface area contributed by atoms with Crippen molar-refractivity contribution in [2.24, 2.45) is 5.92 Å². The van der Waals surface area contributed by atoms with Crippen LogP contribution in [0.15, 0.2) is 25.1 Å². The number of hydrogen-bond acceptors (Lipinski definition) is 3. The molecular weight excluding hydrogens is 328 g/mol. The zero-order chi connectivity index (χ0) is 19.2. The number of ether oxygens (including phenoxy) is 2. The minimum absolute atomic E-state index is 0.171. The molecule has 7 heteroatoms. The van der Waals surface area contributed by atoms with Gasteiger partial charge in [0.15, 0.2) is 5.60 Å². The first-order valence-corrected chi connectivity index (χ1v) is 7.57. The molecule has 0 heterocycles. The van der Waals surface area contributed by atoms with Crippen molar-refractivity contribution < 1.29 is 31.8 Å². The van der Waals surface area contributed by atoms with Gasteiger partial charge in [-0.15, -0.1) is 6.58 Å². The summed E-state index contributed by atoms with van der Waals surface area (Å²) >= 11 is 0. The summed E-state index contributed by atoms with van der Waals surface area (Å²) in [6, 6.07) is 0. The van der Waals surface area contributed by atoms with Gasteiger partial charge in [0.25, 0.3) is 0 Å². The highest BCUT2D eigenvalue weighted by atomic mass is 19.4. The van der Waals surface area contributed by atoms with Crippen LogP contribution in [0.25, 0.3) is 0 Å². The van der Waals surface area contributed by atoms with Gasteiger partial charge < -0.3 is 9.47 Å². The van der Waals surface area contributed by atoms with Crippen LogP contribution in [0, 0.1) is 5.92 Å². The van der Waals surface area contributed by atoms with Crippen molar-refractivity contribution in [2.45, 2.75) is 64.3 Å². The van der Waals surface area contributed by atoms with E-state index < -0.39 is 48.1 Å². The van der Waals surface area contributed by atoms with E-state index >= 15 is 0 Å². The lowest BCUT2D eigenvalue weighted by Crippen LogP contribution is -2.47. The lowest BCUT2D eigenvalue weighted by Gasteiger charge is -2.35. The topological polar surface area (TPSA) is 35.5 Å². The van der Waals surface area contributed by atoms with Gasteiger partial charge in [-0.2, -0.15) is 13.2 Å². The summed E-state index contributed by atoms with van der Waals surface area (Å²) in [5.74, 6) is -2.29. The van der Waals surface area contributed by atoms with Gasteiger partial charge in [-0.05, 0) is 46.5 Å². The SMILES string of the molecule is C=CCC(CC(=C)F)CC(C)(OCC(=O)OC(C)(C)C)C(F)(F)F. The second-order valence-corrected chi connectivity index (χ2v) is 6.92. The highest BCUT2D eigenvalue weighted by Gasteiger charge is 2.53. The number of alkyl halides is 3. The Morgan fingerprint density at radius 1 is 1.21 bits per heavy atom. The van der Waals surface area contributed by atoms with Crippen molar-refractivity contribution in [3.05, 3.63) is 25.1 Å². The molecule has 0 aromatic carbocycles. The molecule has 0 spiro atoms. The van der Waals surface area contributed by atoms with E-state index in [1.807, 2.05) is 0 Å².